The van der Waals surface area contributed by atoms with Crippen LogP contribution in [0.1, 0.15) is 20.3 Å². The van der Waals surface area contributed by atoms with E-state index in [0.717, 1.165) is 0 Å². The topological polar surface area (TPSA) is 37.8 Å². The minimum atomic E-state index is 0.376. The standard InChI is InChI=1S/C9H12ClN3/c1-9(2)5-6(9)13-8-7(10)11-3-4-12-8/h3-4,6H,5H2,1-2H3,(H,12,13). The van der Waals surface area contributed by atoms with Crippen LogP contribution < -0.4 is 5.32 Å². The Morgan fingerprint density at radius 3 is 2.62 bits per heavy atom. The largest absolute Gasteiger partial charge is 0.364 e. The third kappa shape index (κ3) is 1.75. The van der Waals surface area contributed by atoms with Gasteiger partial charge < -0.3 is 5.32 Å². The van der Waals surface area contributed by atoms with Gasteiger partial charge in [-0.2, -0.15) is 0 Å². The van der Waals surface area contributed by atoms with Crippen LogP contribution in [-0.4, -0.2) is 16.0 Å². The zero-order valence-electron chi connectivity index (χ0n) is 7.71. The lowest BCUT2D eigenvalue weighted by Gasteiger charge is -2.07. The fourth-order valence-electron chi connectivity index (χ4n) is 1.30. The van der Waals surface area contributed by atoms with E-state index in [-0.39, 0.29) is 0 Å². The first-order valence-corrected chi connectivity index (χ1v) is 4.70. The third-order valence-electron chi connectivity index (χ3n) is 2.48. The zero-order valence-corrected chi connectivity index (χ0v) is 8.47. The molecule has 1 N–H and O–H groups in total. The summed E-state index contributed by atoms with van der Waals surface area (Å²) in [6.07, 6.45) is 4.40. The van der Waals surface area contributed by atoms with Crippen LogP contribution in [-0.2, 0) is 0 Å². The van der Waals surface area contributed by atoms with E-state index in [1.54, 1.807) is 12.4 Å². The van der Waals surface area contributed by atoms with E-state index in [4.69, 9.17) is 11.6 Å². The fourth-order valence-corrected chi connectivity index (χ4v) is 1.46. The van der Waals surface area contributed by atoms with Crippen LogP contribution >= 0.6 is 11.6 Å². The van der Waals surface area contributed by atoms with Crippen LogP contribution in [0.2, 0.25) is 5.15 Å². The van der Waals surface area contributed by atoms with Crippen molar-refractivity contribution >= 4 is 17.4 Å². The van der Waals surface area contributed by atoms with Crippen LogP contribution in [0.4, 0.5) is 5.82 Å². The van der Waals surface area contributed by atoms with Crippen molar-refractivity contribution in [3.05, 3.63) is 17.5 Å². The van der Waals surface area contributed by atoms with Gasteiger partial charge in [0.25, 0.3) is 0 Å². The van der Waals surface area contributed by atoms with Crippen molar-refractivity contribution in [2.75, 3.05) is 5.32 Å². The number of anilines is 1. The summed E-state index contributed by atoms with van der Waals surface area (Å²) in [5.74, 6) is 0.694. The van der Waals surface area contributed by atoms with E-state index in [1.165, 1.54) is 6.42 Å². The molecular formula is C9H12ClN3. The summed E-state index contributed by atoms with van der Waals surface area (Å²) in [7, 11) is 0. The highest BCUT2D eigenvalue weighted by molar-refractivity contribution is 6.31. The van der Waals surface area contributed by atoms with Crippen molar-refractivity contribution in [3.8, 4) is 0 Å². The molecule has 1 aromatic heterocycles. The Morgan fingerprint density at radius 2 is 2.08 bits per heavy atom. The monoisotopic (exact) mass is 197 g/mol. The molecule has 70 valence electrons. The van der Waals surface area contributed by atoms with Gasteiger partial charge in [0.2, 0.25) is 0 Å². The normalized spacial score (nSPS) is 24.1. The zero-order chi connectivity index (χ0) is 9.47. The molecule has 3 nitrogen and oxygen atoms in total. The third-order valence-corrected chi connectivity index (χ3v) is 2.75. The van der Waals surface area contributed by atoms with Crippen molar-refractivity contribution in [2.24, 2.45) is 5.41 Å². The quantitative estimate of drug-likeness (QED) is 0.791. The molecule has 1 unspecified atom stereocenters. The maximum Gasteiger partial charge on any atom is 0.171 e. The predicted octanol–water partition coefficient (Wildman–Crippen LogP) is 2.34. The molecule has 13 heavy (non-hydrogen) atoms. The molecule has 1 heterocycles. The average Bonchev–Trinajstić information content (AvgIpc) is 2.64. The molecule has 1 aromatic rings. The number of aromatic nitrogens is 2. The summed E-state index contributed by atoms with van der Waals surface area (Å²) in [4.78, 5) is 8.07. The van der Waals surface area contributed by atoms with E-state index < -0.39 is 0 Å². The van der Waals surface area contributed by atoms with Crippen molar-refractivity contribution in [1.29, 1.82) is 0 Å². The lowest BCUT2D eigenvalue weighted by molar-refractivity contribution is 0.630. The number of hydrogen-bond acceptors (Lipinski definition) is 3. The minimum absolute atomic E-state index is 0.376. The summed E-state index contributed by atoms with van der Waals surface area (Å²) < 4.78 is 0. The van der Waals surface area contributed by atoms with Gasteiger partial charge in [-0.3, -0.25) is 0 Å². The maximum atomic E-state index is 5.85. The summed E-state index contributed by atoms with van der Waals surface area (Å²) in [5.41, 5.74) is 0.376. The molecular weight excluding hydrogens is 186 g/mol. The van der Waals surface area contributed by atoms with Gasteiger partial charge >= 0.3 is 0 Å². The minimum Gasteiger partial charge on any atom is -0.364 e. The van der Waals surface area contributed by atoms with Crippen LogP contribution in [0.3, 0.4) is 0 Å². The van der Waals surface area contributed by atoms with Gasteiger partial charge in [-0.1, -0.05) is 25.4 Å². The van der Waals surface area contributed by atoms with Crippen LogP contribution in [0.25, 0.3) is 0 Å². The van der Waals surface area contributed by atoms with E-state index in [9.17, 15) is 0 Å². The Hall–Kier alpha value is -0.830. The molecule has 4 heteroatoms. The number of halogens is 1. The van der Waals surface area contributed by atoms with Crippen LogP contribution in [0, 0.1) is 5.41 Å². The highest BCUT2D eigenvalue weighted by Gasteiger charge is 2.46. The molecule has 0 aromatic carbocycles. The van der Waals surface area contributed by atoms with Crippen LogP contribution in [0.15, 0.2) is 12.4 Å². The SMILES string of the molecule is CC1(C)CC1Nc1nccnc1Cl. The van der Waals surface area contributed by atoms with Gasteiger partial charge in [0.1, 0.15) is 0 Å². The number of nitrogens with one attached hydrogen (secondary N) is 1. The van der Waals surface area contributed by atoms with Gasteiger partial charge in [-0.25, -0.2) is 9.97 Å². The van der Waals surface area contributed by atoms with Gasteiger partial charge in [0.05, 0.1) is 0 Å². The Balaban J connectivity index is 2.07. The lowest BCUT2D eigenvalue weighted by atomic mass is 10.2. The van der Waals surface area contributed by atoms with Gasteiger partial charge in [0.15, 0.2) is 11.0 Å². The molecule has 2 rings (SSSR count). The van der Waals surface area contributed by atoms with Crippen molar-refractivity contribution in [1.82, 2.24) is 9.97 Å². The molecule has 0 aliphatic heterocycles. The molecule has 0 amide bonds. The number of nitrogens with zero attached hydrogens (tertiary/aromatic N) is 2. The second-order valence-electron chi connectivity index (χ2n) is 4.09. The summed E-state index contributed by atoms with van der Waals surface area (Å²) in [5, 5.41) is 3.72. The fraction of sp³-hybridized carbons (Fsp3) is 0.556. The molecule has 0 saturated heterocycles. The number of rotatable bonds is 2. The molecule has 0 radical (unpaired) electrons. The van der Waals surface area contributed by atoms with E-state index >= 15 is 0 Å². The first-order valence-electron chi connectivity index (χ1n) is 4.33. The van der Waals surface area contributed by atoms with Crippen molar-refractivity contribution < 1.29 is 0 Å². The molecule has 0 bridgehead atoms. The van der Waals surface area contributed by atoms with Gasteiger partial charge in [-0.15, -0.1) is 0 Å². The van der Waals surface area contributed by atoms with Crippen molar-refractivity contribution in [2.45, 2.75) is 26.3 Å². The number of hydrogen-bond donors (Lipinski definition) is 1. The van der Waals surface area contributed by atoms with Gasteiger partial charge in [-0.05, 0) is 11.8 Å². The molecule has 1 saturated carbocycles. The van der Waals surface area contributed by atoms with Crippen molar-refractivity contribution in [3.63, 3.8) is 0 Å². The summed E-state index contributed by atoms with van der Waals surface area (Å²) in [6, 6.07) is 0.488. The molecule has 1 fully saturated rings. The highest BCUT2D eigenvalue weighted by atomic mass is 35.5. The lowest BCUT2D eigenvalue weighted by Crippen LogP contribution is -2.10. The first kappa shape index (κ1) is 8.75. The van der Waals surface area contributed by atoms with Gasteiger partial charge in [0, 0.05) is 18.4 Å². The van der Waals surface area contributed by atoms with Crippen LogP contribution in [0.5, 0.6) is 0 Å². The second-order valence-corrected chi connectivity index (χ2v) is 4.44. The molecule has 1 atom stereocenters. The Labute approximate surface area is 82.5 Å². The molecule has 1 aliphatic rings. The molecule has 1 aliphatic carbocycles. The van der Waals surface area contributed by atoms with E-state index in [1.807, 2.05) is 0 Å². The predicted molar refractivity (Wildman–Crippen MR) is 52.9 cm³/mol. The summed E-state index contributed by atoms with van der Waals surface area (Å²) in [6.45, 7) is 4.43. The Bertz CT molecular complexity index is 324. The highest BCUT2D eigenvalue weighted by Crippen LogP contribution is 2.46. The first-order chi connectivity index (χ1) is 6.09. The Morgan fingerprint density at radius 1 is 1.46 bits per heavy atom. The Kier molecular flexibility index (Phi) is 1.91. The van der Waals surface area contributed by atoms with E-state index in [2.05, 4.69) is 29.1 Å². The average molecular weight is 198 g/mol. The molecule has 0 spiro atoms. The second kappa shape index (κ2) is 2.84. The van der Waals surface area contributed by atoms with E-state index in [0.29, 0.717) is 22.4 Å². The smallest absolute Gasteiger partial charge is 0.171 e. The summed E-state index contributed by atoms with van der Waals surface area (Å²) >= 11 is 5.85. The maximum absolute atomic E-state index is 5.85.